The van der Waals surface area contributed by atoms with Crippen LogP contribution in [0.25, 0.3) is 0 Å². The number of allylic oxidation sites excluding steroid dienone is 4. The highest BCUT2D eigenvalue weighted by Crippen LogP contribution is 2.19. The number of hydrogen-bond acceptors (Lipinski definition) is 1. The van der Waals surface area contributed by atoms with Crippen LogP contribution < -0.4 is 0 Å². The molecule has 1 heteroatoms. The van der Waals surface area contributed by atoms with Crippen molar-refractivity contribution in [3.63, 3.8) is 0 Å². The van der Waals surface area contributed by atoms with Gasteiger partial charge in [0.15, 0.2) is 0 Å². The molecule has 2 rings (SSSR count). The van der Waals surface area contributed by atoms with E-state index in [0.717, 1.165) is 18.6 Å². The summed E-state index contributed by atoms with van der Waals surface area (Å²) in [6, 6.07) is 10.3. The van der Waals surface area contributed by atoms with Crippen LogP contribution in [0.1, 0.15) is 39.2 Å². The highest BCUT2D eigenvalue weighted by molar-refractivity contribution is 5.23. The largest absolute Gasteiger partial charge is 0.493 e. The van der Waals surface area contributed by atoms with E-state index in [1.165, 1.54) is 11.1 Å². The second-order valence-electron chi connectivity index (χ2n) is 3.87. The molecule has 0 saturated heterocycles. The van der Waals surface area contributed by atoms with E-state index >= 15 is 0 Å². The first-order valence-electron chi connectivity index (χ1n) is 6.38. The van der Waals surface area contributed by atoms with Gasteiger partial charge in [-0.05, 0) is 25.0 Å². The first kappa shape index (κ1) is 13.6. The molecule has 0 spiro atoms. The van der Waals surface area contributed by atoms with Gasteiger partial charge in [0.1, 0.15) is 6.61 Å². The SMILES string of the molecule is CC.CC1=CCCC(OCc2ccccc2)=C1. The van der Waals surface area contributed by atoms with Gasteiger partial charge in [-0.15, -0.1) is 0 Å². The van der Waals surface area contributed by atoms with Crippen LogP contribution in [-0.4, -0.2) is 0 Å². The average Bonchev–Trinajstić information content (AvgIpc) is 2.40. The molecule has 0 aromatic heterocycles. The quantitative estimate of drug-likeness (QED) is 0.721. The van der Waals surface area contributed by atoms with E-state index in [1.54, 1.807) is 0 Å². The molecule has 0 saturated carbocycles. The maximum absolute atomic E-state index is 5.76. The predicted molar refractivity (Wildman–Crippen MR) is 73.7 cm³/mol. The van der Waals surface area contributed by atoms with E-state index in [-0.39, 0.29) is 0 Å². The smallest absolute Gasteiger partial charge is 0.113 e. The Morgan fingerprint density at radius 3 is 2.47 bits per heavy atom. The molecular weight excluding hydrogens is 208 g/mol. The Labute approximate surface area is 105 Å². The monoisotopic (exact) mass is 230 g/mol. The molecule has 0 bridgehead atoms. The van der Waals surface area contributed by atoms with Crippen molar-refractivity contribution in [1.29, 1.82) is 0 Å². The van der Waals surface area contributed by atoms with Crippen LogP contribution in [-0.2, 0) is 11.3 Å². The summed E-state index contributed by atoms with van der Waals surface area (Å²) < 4.78 is 5.76. The standard InChI is InChI=1S/C14H16O.C2H6/c1-12-6-5-9-14(10-12)15-11-13-7-3-2-4-8-13;1-2/h2-4,6-8,10H,5,9,11H2,1H3;1-2H3. The van der Waals surface area contributed by atoms with Crippen LogP contribution in [0.15, 0.2) is 53.8 Å². The fraction of sp³-hybridized carbons (Fsp3) is 0.375. The van der Waals surface area contributed by atoms with E-state index in [1.807, 2.05) is 32.0 Å². The molecular formula is C16H22O. The Morgan fingerprint density at radius 1 is 1.12 bits per heavy atom. The van der Waals surface area contributed by atoms with Crippen LogP contribution in [0.5, 0.6) is 0 Å². The van der Waals surface area contributed by atoms with Gasteiger partial charge in [0, 0.05) is 6.42 Å². The summed E-state index contributed by atoms with van der Waals surface area (Å²) in [6.07, 6.45) is 6.51. The van der Waals surface area contributed by atoms with Gasteiger partial charge in [0.05, 0.1) is 5.76 Å². The van der Waals surface area contributed by atoms with E-state index < -0.39 is 0 Å². The van der Waals surface area contributed by atoms with Crippen LogP contribution in [0, 0.1) is 0 Å². The molecule has 1 aromatic carbocycles. The third-order valence-electron chi connectivity index (χ3n) is 2.51. The molecule has 1 aromatic rings. The van der Waals surface area contributed by atoms with E-state index in [2.05, 4.69) is 31.2 Å². The summed E-state index contributed by atoms with van der Waals surface area (Å²) in [5, 5.41) is 0. The molecule has 92 valence electrons. The Balaban J connectivity index is 0.000000686. The minimum atomic E-state index is 0.681. The van der Waals surface area contributed by atoms with Crippen LogP contribution in [0.3, 0.4) is 0 Å². The topological polar surface area (TPSA) is 9.23 Å². The molecule has 0 N–H and O–H groups in total. The summed E-state index contributed by atoms with van der Waals surface area (Å²) in [6.45, 7) is 6.80. The molecule has 1 aliphatic rings. The van der Waals surface area contributed by atoms with Gasteiger partial charge >= 0.3 is 0 Å². The van der Waals surface area contributed by atoms with Crippen LogP contribution in [0.2, 0.25) is 0 Å². The average molecular weight is 230 g/mol. The fourth-order valence-corrected chi connectivity index (χ4v) is 1.69. The van der Waals surface area contributed by atoms with Crippen LogP contribution in [0.4, 0.5) is 0 Å². The van der Waals surface area contributed by atoms with Crippen molar-refractivity contribution in [1.82, 2.24) is 0 Å². The van der Waals surface area contributed by atoms with Gasteiger partial charge in [0.25, 0.3) is 0 Å². The fourth-order valence-electron chi connectivity index (χ4n) is 1.69. The van der Waals surface area contributed by atoms with Crippen molar-refractivity contribution in [2.75, 3.05) is 0 Å². The molecule has 0 unspecified atom stereocenters. The van der Waals surface area contributed by atoms with Crippen molar-refractivity contribution >= 4 is 0 Å². The molecule has 1 nitrogen and oxygen atoms in total. The third kappa shape index (κ3) is 4.90. The first-order valence-corrected chi connectivity index (χ1v) is 6.38. The summed E-state index contributed by atoms with van der Waals surface area (Å²) in [7, 11) is 0. The zero-order valence-electron chi connectivity index (χ0n) is 11.1. The Morgan fingerprint density at radius 2 is 1.82 bits per heavy atom. The Kier molecular flexibility index (Phi) is 6.16. The molecule has 17 heavy (non-hydrogen) atoms. The second-order valence-corrected chi connectivity index (χ2v) is 3.87. The molecule has 1 aliphatic carbocycles. The van der Waals surface area contributed by atoms with E-state index in [0.29, 0.717) is 6.61 Å². The molecule has 0 atom stereocenters. The lowest BCUT2D eigenvalue weighted by atomic mass is 10.1. The lowest BCUT2D eigenvalue weighted by molar-refractivity contribution is 0.188. The minimum Gasteiger partial charge on any atom is -0.493 e. The van der Waals surface area contributed by atoms with Gasteiger partial charge < -0.3 is 4.74 Å². The maximum Gasteiger partial charge on any atom is 0.113 e. The van der Waals surface area contributed by atoms with E-state index in [9.17, 15) is 0 Å². The summed E-state index contributed by atoms with van der Waals surface area (Å²) in [5.41, 5.74) is 2.54. The van der Waals surface area contributed by atoms with E-state index in [4.69, 9.17) is 4.74 Å². The van der Waals surface area contributed by atoms with Crippen molar-refractivity contribution in [3.8, 4) is 0 Å². The number of rotatable bonds is 3. The highest BCUT2D eigenvalue weighted by atomic mass is 16.5. The van der Waals surface area contributed by atoms with Crippen molar-refractivity contribution in [2.24, 2.45) is 0 Å². The van der Waals surface area contributed by atoms with Gasteiger partial charge in [-0.3, -0.25) is 0 Å². The number of hydrogen-bond donors (Lipinski definition) is 0. The third-order valence-corrected chi connectivity index (χ3v) is 2.51. The lowest BCUT2D eigenvalue weighted by Crippen LogP contribution is -1.97. The Bertz CT molecular complexity index is 374. The maximum atomic E-state index is 5.76. The second kappa shape index (κ2) is 7.72. The minimum absolute atomic E-state index is 0.681. The van der Waals surface area contributed by atoms with Gasteiger partial charge in [-0.2, -0.15) is 0 Å². The molecule has 0 fully saturated rings. The number of benzene rings is 1. The summed E-state index contributed by atoms with van der Waals surface area (Å²) in [4.78, 5) is 0. The highest BCUT2D eigenvalue weighted by Gasteiger charge is 2.03. The zero-order chi connectivity index (χ0) is 12.5. The Hall–Kier alpha value is -1.50. The normalized spacial score (nSPS) is 14.1. The molecule has 0 aliphatic heterocycles. The van der Waals surface area contributed by atoms with Gasteiger partial charge in [0.2, 0.25) is 0 Å². The van der Waals surface area contributed by atoms with Gasteiger partial charge in [-0.25, -0.2) is 0 Å². The predicted octanol–water partition coefficient (Wildman–Crippen LogP) is 4.85. The van der Waals surface area contributed by atoms with Crippen molar-refractivity contribution in [3.05, 3.63) is 59.4 Å². The van der Waals surface area contributed by atoms with Crippen molar-refractivity contribution in [2.45, 2.75) is 40.2 Å². The van der Waals surface area contributed by atoms with Crippen LogP contribution >= 0.6 is 0 Å². The molecule has 0 radical (unpaired) electrons. The molecule has 0 heterocycles. The zero-order valence-corrected chi connectivity index (χ0v) is 11.1. The number of ether oxygens (including phenoxy) is 1. The van der Waals surface area contributed by atoms with Gasteiger partial charge in [-0.1, -0.05) is 55.8 Å². The molecule has 0 amide bonds. The summed E-state index contributed by atoms with van der Waals surface area (Å²) in [5.74, 6) is 1.11. The van der Waals surface area contributed by atoms with Crippen molar-refractivity contribution < 1.29 is 4.74 Å². The lowest BCUT2D eigenvalue weighted by Gasteiger charge is -2.13. The summed E-state index contributed by atoms with van der Waals surface area (Å²) >= 11 is 0. The first-order chi connectivity index (χ1) is 8.34.